The van der Waals surface area contributed by atoms with Gasteiger partial charge in [-0.15, -0.1) is 0 Å². The summed E-state index contributed by atoms with van der Waals surface area (Å²) in [6.45, 7) is 7.83. The molecule has 0 bridgehead atoms. The lowest BCUT2D eigenvalue weighted by atomic mass is 9.98. The average molecular weight is 426 g/mol. The second-order valence-electron chi connectivity index (χ2n) is 6.99. The van der Waals surface area contributed by atoms with Gasteiger partial charge in [0, 0.05) is 25.3 Å². The van der Waals surface area contributed by atoms with Crippen LogP contribution in [0.5, 0.6) is 0 Å². The Balaban J connectivity index is 2.00. The van der Waals surface area contributed by atoms with Crippen LogP contribution in [0.15, 0.2) is 29.2 Å². The number of nitrogens with zero attached hydrogens (tertiary/aromatic N) is 2. The van der Waals surface area contributed by atoms with E-state index in [1.165, 1.54) is 16.4 Å². The molecule has 29 heavy (non-hydrogen) atoms. The summed E-state index contributed by atoms with van der Waals surface area (Å²) >= 11 is 0. The van der Waals surface area contributed by atoms with Gasteiger partial charge in [-0.25, -0.2) is 8.42 Å². The van der Waals surface area contributed by atoms with E-state index in [0.717, 1.165) is 19.4 Å². The summed E-state index contributed by atoms with van der Waals surface area (Å²) in [4.78, 5) is 26.5. The van der Waals surface area contributed by atoms with Crippen molar-refractivity contribution in [1.82, 2.24) is 9.21 Å². The molecule has 0 spiro atoms. The highest BCUT2D eigenvalue weighted by Crippen LogP contribution is 2.20. The van der Waals surface area contributed by atoms with Gasteiger partial charge in [0.05, 0.1) is 24.0 Å². The van der Waals surface area contributed by atoms with Gasteiger partial charge in [0.1, 0.15) is 0 Å². The Kier molecular flexibility index (Phi) is 8.60. The van der Waals surface area contributed by atoms with Crippen molar-refractivity contribution in [2.75, 3.05) is 44.6 Å². The molecule has 0 aromatic heterocycles. The molecule has 1 amide bonds. The number of piperidine rings is 1. The largest absolute Gasteiger partial charge is 0.466 e. The van der Waals surface area contributed by atoms with Crippen molar-refractivity contribution in [3.05, 3.63) is 24.3 Å². The number of carbonyl (C=O) groups excluding carboxylic acids is 2. The van der Waals surface area contributed by atoms with Crippen LogP contribution in [-0.2, 0) is 24.3 Å². The molecule has 9 heteroatoms. The molecule has 162 valence electrons. The van der Waals surface area contributed by atoms with Gasteiger partial charge in [-0.1, -0.05) is 19.9 Å². The van der Waals surface area contributed by atoms with Crippen molar-refractivity contribution >= 4 is 27.6 Å². The van der Waals surface area contributed by atoms with Crippen LogP contribution in [0.2, 0.25) is 0 Å². The van der Waals surface area contributed by atoms with E-state index >= 15 is 0 Å². The number of anilines is 1. The highest BCUT2D eigenvalue weighted by atomic mass is 32.2. The highest BCUT2D eigenvalue weighted by Gasteiger charge is 2.28. The van der Waals surface area contributed by atoms with E-state index in [1.54, 1.807) is 32.9 Å². The average Bonchev–Trinajstić information content (AvgIpc) is 2.69. The summed E-state index contributed by atoms with van der Waals surface area (Å²) in [7, 11) is -3.59. The second kappa shape index (κ2) is 10.7. The summed E-state index contributed by atoms with van der Waals surface area (Å²) in [5.41, 5.74) is 0.433. The predicted octanol–water partition coefficient (Wildman–Crippen LogP) is 1.93. The fourth-order valence-corrected chi connectivity index (χ4v) is 5.01. The Hall–Kier alpha value is -1.97. The van der Waals surface area contributed by atoms with Crippen molar-refractivity contribution < 1.29 is 22.7 Å². The van der Waals surface area contributed by atoms with Crippen molar-refractivity contribution in [3.8, 4) is 0 Å². The number of rotatable bonds is 9. The Morgan fingerprint density at radius 3 is 2.62 bits per heavy atom. The van der Waals surface area contributed by atoms with Crippen LogP contribution in [0, 0.1) is 5.92 Å². The first kappa shape index (κ1) is 23.3. The Morgan fingerprint density at radius 1 is 1.24 bits per heavy atom. The predicted molar refractivity (Wildman–Crippen MR) is 111 cm³/mol. The smallest absolute Gasteiger partial charge is 0.310 e. The third kappa shape index (κ3) is 6.25. The Morgan fingerprint density at radius 2 is 1.97 bits per heavy atom. The molecule has 1 heterocycles. The van der Waals surface area contributed by atoms with E-state index in [2.05, 4.69) is 5.32 Å². The van der Waals surface area contributed by atoms with Gasteiger partial charge in [0.2, 0.25) is 15.9 Å². The van der Waals surface area contributed by atoms with Gasteiger partial charge in [-0.05, 0) is 44.5 Å². The number of hydrogen-bond acceptors (Lipinski definition) is 6. The number of benzene rings is 1. The number of carbonyl (C=O) groups is 2. The monoisotopic (exact) mass is 425 g/mol. The fourth-order valence-electron chi connectivity index (χ4n) is 3.50. The minimum absolute atomic E-state index is 0.142. The maximum atomic E-state index is 12.7. The molecule has 8 nitrogen and oxygen atoms in total. The summed E-state index contributed by atoms with van der Waals surface area (Å²) in [6, 6.07) is 6.28. The van der Waals surface area contributed by atoms with E-state index in [-0.39, 0.29) is 29.2 Å². The summed E-state index contributed by atoms with van der Waals surface area (Å²) in [6.07, 6.45) is 1.59. The van der Waals surface area contributed by atoms with Crippen molar-refractivity contribution in [3.63, 3.8) is 0 Å². The molecule has 1 aromatic carbocycles. The number of nitrogens with one attached hydrogen (secondary N) is 1. The minimum Gasteiger partial charge on any atom is -0.466 e. The van der Waals surface area contributed by atoms with Gasteiger partial charge < -0.3 is 10.1 Å². The second-order valence-corrected chi connectivity index (χ2v) is 8.93. The zero-order chi connectivity index (χ0) is 21.4. The summed E-state index contributed by atoms with van der Waals surface area (Å²) in [5, 5.41) is 2.77. The molecule has 2 rings (SSSR count). The SMILES string of the molecule is CCOC(=O)[C@@H]1CCCN(CC(=O)Nc2cccc(S(=O)(=O)N(CC)CC)c2)C1. The molecule has 1 fully saturated rings. The normalized spacial score (nSPS) is 17.9. The van der Waals surface area contributed by atoms with E-state index in [0.29, 0.717) is 31.9 Å². The summed E-state index contributed by atoms with van der Waals surface area (Å²) < 4.78 is 31.8. The number of esters is 1. The Bertz CT molecular complexity index is 808. The lowest BCUT2D eigenvalue weighted by Gasteiger charge is -2.30. The molecular weight excluding hydrogens is 394 g/mol. The zero-order valence-electron chi connectivity index (χ0n) is 17.4. The van der Waals surface area contributed by atoms with Crippen molar-refractivity contribution in [2.24, 2.45) is 5.92 Å². The van der Waals surface area contributed by atoms with Crippen LogP contribution in [0.1, 0.15) is 33.6 Å². The van der Waals surface area contributed by atoms with Crippen LogP contribution >= 0.6 is 0 Å². The van der Waals surface area contributed by atoms with Gasteiger partial charge in [-0.2, -0.15) is 4.31 Å². The van der Waals surface area contributed by atoms with E-state index in [4.69, 9.17) is 4.74 Å². The standard InChI is InChI=1S/C20H31N3O5S/c1-4-23(5-2)29(26,27)18-11-7-10-17(13-18)21-19(24)15-22-12-8-9-16(14-22)20(25)28-6-3/h7,10-11,13,16H,4-6,8-9,12,14-15H2,1-3H3,(H,21,24)/t16-/m1/s1. The maximum Gasteiger partial charge on any atom is 0.310 e. The van der Waals surface area contributed by atoms with Crippen LogP contribution in [0.25, 0.3) is 0 Å². The van der Waals surface area contributed by atoms with Crippen LogP contribution in [0.4, 0.5) is 5.69 Å². The molecule has 1 atom stereocenters. The molecule has 0 saturated carbocycles. The van der Waals surface area contributed by atoms with Crippen molar-refractivity contribution in [2.45, 2.75) is 38.5 Å². The van der Waals surface area contributed by atoms with Crippen LogP contribution in [-0.4, -0.2) is 68.8 Å². The first-order valence-electron chi connectivity index (χ1n) is 10.1. The fraction of sp³-hybridized carbons (Fsp3) is 0.600. The van der Waals surface area contributed by atoms with Gasteiger partial charge in [0.15, 0.2) is 0 Å². The molecular formula is C20H31N3O5S. The molecule has 0 aliphatic carbocycles. The van der Waals surface area contributed by atoms with Crippen LogP contribution in [0.3, 0.4) is 0 Å². The molecule has 1 saturated heterocycles. The highest BCUT2D eigenvalue weighted by molar-refractivity contribution is 7.89. The molecule has 1 aromatic rings. The van der Waals surface area contributed by atoms with E-state index in [9.17, 15) is 18.0 Å². The quantitative estimate of drug-likeness (QED) is 0.608. The number of sulfonamides is 1. The molecule has 0 unspecified atom stereocenters. The minimum atomic E-state index is -3.59. The molecule has 1 aliphatic heterocycles. The first-order chi connectivity index (χ1) is 13.8. The van der Waals surface area contributed by atoms with E-state index < -0.39 is 10.0 Å². The van der Waals surface area contributed by atoms with Crippen molar-refractivity contribution in [1.29, 1.82) is 0 Å². The number of likely N-dealkylation sites (tertiary alicyclic amines) is 1. The number of amides is 1. The topological polar surface area (TPSA) is 96.0 Å². The third-order valence-corrected chi connectivity index (χ3v) is 7.00. The Labute approximate surface area is 173 Å². The van der Waals surface area contributed by atoms with Gasteiger partial charge in [-0.3, -0.25) is 14.5 Å². The number of ether oxygens (including phenoxy) is 1. The number of hydrogen-bond donors (Lipinski definition) is 1. The lowest BCUT2D eigenvalue weighted by Crippen LogP contribution is -2.43. The molecule has 1 aliphatic rings. The zero-order valence-corrected chi connectivity index (χ0v) is 18.2. The maximum absolute atomic E-state index is 12.7. The summed E-state index contributed by atoms with van der Waals surface area (Å²) in [5.74, 6) is -0.669. The third-order valence-electron chi connectivity index (χ3n) is 4.95. The van der Waals surface area contributed by atoms with E-state index in [1.807, 2.05) is 4.90 Å². The van der Waals surface area contributed by atoms with Crippen LogP contribution < -0.4 is 5.32 Å². The molecule has 1 N–H and O–H groups in total. The first-order valence-corrected chi connectivity index (χ1v) is 11.5. The van der Waals surface area contributed by atoms with Gasteiger partial charge in [0.25, 0.3) is 0 Å². The lowest BCUT2D eigenvalue weighted by molar-refractivity contribution is -0.150. The van der Waals surface area contributed by atoms with Gasteiger partial charge >= 0.3 is 5.97 Å². The molecule has 0 radical (unpaired) electrons.